The second-order valence-electron chi connectivity index (χ2n) is 8.58. The maximum absolute atomic E-state index is 14.3. The number of aliphatic hydroxyl groups excluding tert-OH is 2. The van der Waals surface area contributed by atoms with Crippen molar-refractivity contribution >= 4 is 0 Å². The van der Waals surface area contributed by atoms with Crippen molar-refractivity contribution in [1.29, 1.82) is 0 Å². The van der Waals surface area contributed by atoms with Crippen LogP contribution in [0.4, 0.5) is 4.39 Å². The number of hydrogen-bond acceptors (Lipinski definition) is 2. The van der Waals surface area contributed by atoms with E-state index in [1.165, 1.54) is 19.3 Å². The number of aliphatic hydroxyl groups is 2. The van der Waals surface area contributed by atoms with E-state index in [-0.39, 0.29) is 12.5 Å². The molecule has 2 nitrogen and oxygen atoms in total. The van der Waals surface area contributed by atoms with E-state index >= 15 is 0 Å². The van der Waals surface area contributed by atoms with Gasteiger partial charge in [0, 0.05) is 5.41 Å². The summed E-state index contributed by atoms with van der Waals surface area (Å²) in [5.74, 6) is 1.27. The van der Waals surface area contributed by atoms with Gasteiger partial charge in [-0.25, -0.2) is 4.39 Å². The van der Waals surface area contributed by atoms with E-state index in [4.69, 9.17) is 0 Å². The first-order valence-electron chi connectivity index (χ1n) is 9.15. The maximum atomic E-state index is 14.3. The Morgan fingerprint density at radius 1 is 1.27 bits per heavy atom. The Bertz CT molecular complexity index is 490. The van der Waals surface area contributed by atoms with Gasteiger partial charge in [-0.05, 0) is 74.5 Å². The predicted molar refractivity (Wildman–Crippen MR) is 84.0 cm³/mol. The van der Waals surface area contributed by atoms with E-state index < -0.39 is 17.7 Å². The number of fused-ring (bicyclic) bond motifs is 5. The van der Waals surface area contributed by atoms with Gasteiger partial charge < -0.3 is 10.2 Å². The first-order valence-corrected chi connectivity index (χ1v) is 9.15. The lowest BCUT2D eigenvalue weighted by Crippen LogP contribution is -2.53. The molecule has 4 aliphatic rings. The maximum Gasteiger partial charge on any atom is 0.127 e. The lowest BCUT2D eigenvalue weighted by atomic mass is 9.47. The quantitative estimate of drug-likeness (QED) is 0.726. The van der Waals surface area contributed by atoms with E-state index in [0.717, 1.165) is 25.7 Å². The second kappa shape index (κ2) is 5.04. The molecule has 4 rings (SSSR count). The third-order valence-electron chi connectivity index (χ3n) is 7.99. The van der Waals surface area contributed by atoms with Crippen molar-refractivity contribution in [2.45, 2.75) is 70.6 Å². The minimum Gasteiger partial charge on any atom is -0.396 e. The standard InChI is InChI=1S/C19H29FO2/c1-18-8-3-2-4-12(18)5-6-13-14(18)7-9-19(11-21)15(13)10-16(20)17(19)22/h4,13-17,21-22H,2-3,5-11H2,1H3/t13-,14+,15+,16?,17+,18+,19-/m1/s1. The molecule has 22 heavy (non-hydrogen) atoms. The number of hydrogen-bond donors (Lipinski definition) is 2. The summed E-state index contributed by atoms with van der Waals surface area (Å²) in [5, 5.41) is 20.4. The van der Waals surface area contributed by atoms with Crippen LogP contribution in [0.3, 0.4) is 0 Å². The molecule has 0 spiro atoms. The molecule has 2 N–H and O–H groups in total. The molecule has 0 heterocycles. The highest BCUT2D eigenvalue weighted by Crippen LogP contribution is 2.65. The van der Waals surface area contributed by atoms with Crippen LogP contribution in [0.2, 0.25) is 0 Å². The second-order valence-corrected chi connectivity index (χ2v) is 8.58. The summed E-state index contributed by atoms with van der Waals surface area (Å²) in [7, 11) is 0. The molecule has 0 radical (unpaired) electrons. The fourth-order valence-corrected chi connectivity index (χ4v) is 6.79. The Morgan fingerprint density at radius 2 is 2.09 bits per heavy atom. The number of alkyl halides is 1. The minimum absolute atomic E-state index is 0.0537. The van der Waals surface area contributed by atoms with E-state index in [0.29, 0.717) is 23.7 Å². The molecule has 0 aromatic heterocycles. The summed E-state index contributed by atoms with van der Waals surface area (Å²) in [4.78, 5) is 0. The van der Waals surface area contributed by atoms with Crippen LogP contribution in [0.5, 0.6) is 0 Å². The third-order valence-corrected chi connectivity index (χ3v) is 7.99. The third kappa shape index (κ3) is 1.78. The molecule has 1 unspecified atom stereocenters. The van der Waals surface area contributed by atoms with Crippen molar-refractivity contribution in [2.24, 2.45) is 28.6 Å². The van der Waals surface area contributed by atoms with Gasteiger partial charge in [-0.2, -0.15) is 0 Å². The Labute approximate surface area is 132 Å². The molecule has 124 valence electrons. The smallest absolute Gasteiger partial charge is 0.127 e. The molecular formula is C19H29FO2. The lowest BCUT2D eigenvalue weighted by Gasteiger charge is -2.58. The Hall–Kier alpha value is -0.410. The van der Waals surface area contributed by atoms with Crippen LogP contribution in [0.1, 0.15) is 58.3 Å². The summed E-state index contributed by atoms with van der Waals surface area (Å²) in [6.45, 7) is 2.38. The zero-order chi connectivity index (χ0) is 15.5. The summed E-state index contributed by atoms with van der Waals surface area (Å²) < 4.78 is 14.3. The largest absolute Gasteiger partial charge is 0.396 e. The van der Waals surface area contributed by atoms with Gasteiger partial charge in [0.05, 0.1) is 12.7 Å². The monoisotopic (exact) mass is 308 g/mol. The Kier molecular flexibility index (Phi) is 3.47. The molecule has 0 bridgehead atoms. The molecule has 0 aromatic carbocycles. The average Bonchev–Trinajstić information content (AvgIpc) is 2.79. The first-order chi connectivity index (χ1) is 10.5. The van der Waals surface area contributed by atoms with Crippen LogP contribution in [0, 0.1) is 28.6 Å². The average molecular weight is 308 g/mol. The Morgan fingerprint density at radius 3 is 2.86 bits per heavy atom. The molecule has 3 saturated carbocycles. The zero-order valence-electron chi connectivity index (χ0n) is 13.6. The first kappa shape index (κ1) is 15.1. The highest BCUT2D eigenvalue weighted by Gasteiger charge is 2.63. The van der Waals surface area contributed by atoms with Gasteiger partial charge >= 0.3 is 0 Å². The SMILES string of the molecule is C[C@]12CCCC=C1CC[C@H]1[C@@H]3CC(F)[C@H](O)[C@@]3(CO)CC[C@@H]12. The van der Waals surface area contributed by atoms with Crippen LogP contribution in [0.15, 0.2) is 11.6 Å². The summed E-state index contributed by atoms with van der Waals surface area (Å²) in [6, 6.07) is 0. The summed E-state index contributed by atoms with van der Waals surface area (Å²) >= 11 is 0. The minimum atomic E-state index is -1.15. The van der Waals surface area contributed by atoms with Crippen molar-refractivity contribution in [3.8, 4) is 0 Å². The number of rotatable bonds is 1. The molecule has 3 fully saturated rings. The van der Waals surface area contributed by atoms with Gasteiger partial charge in [0.2, 0.25) is 0 Å². The van der Waals surface area contributed by atoms with Crippen molar-refractivity contribution in [2.75, 3.05) is 6.61 Å². The van der Waals surface area contributed by atoms with Gasteiger partial charge in [-0.15, -0.1) is 0 Å². The van der Waals surface area contributed by atoms with E-state index in [9.17, 15) is 14.6 Å². The molecular weight excluding hydrogens is 279 g/mol. The number of allylic oxidation sites excluding steroid dienone is 2. The van der Waals surface area contributed by atoms with Gasteiger partial charge in [-0.3, -0.25) is 0 Å². The van der Waals surface area contributed by atoms with Crippen LogP contribution in [-0.2, 0) is 0 Å². The van der Waals surface area contributed by atoms with Gasteiger partial charge in [0.25, 0.3) is 0 Å². The normalized spacial score (nSPS) is 54.2. The van der Waals surface area contributed by atoms with Crippen LogP contribution in [-0.4, -0.2) is 29.1 Å². The molecule has 0 amide bonds. The van der Waals surface area contributed by atoms with Crippen molar-refractivity contribution in [3.63, 3.8) is 0 Å². The molecule has 0 saturated heterocycles. The van der Waals surface area contributed by atoms with Crippen LogP contribution in [0.25, 0.3) is 0 Å². The predicted octanol–water partition coefficient (Wildman–Crippen LogP) is 3.62. The molecule has 0 aromatic rings. The van der Waals surface area contributed by atoms with E-state index in [1.807, 2.05) is 0 Å². The zero-order valence-corrected chi connectivity index (χ0v) is 13.6. The van der Waals surface area contributed by atoms with E-state index in [2.05, 4.69) is 13.0 Å². The van der Waals surface area contributed by atoms with Crippen LogP contribution >= 0.6 is 0 Å². The number of halogens is 1. The fraction of sp³-hybridized carbons (Fsp3) is 0.895. The van der Waals surface area contributed by atoms with Crippen molar-refractivity contribution in [3.05, 3.63) is 11.6 Å². The molecule has 4 aliphatic carbocycles. The van der Waals surface area contributed by atoms with Crippen molar-refractivity contribution < 1.29 is 14.6 Å². The highest BCUT2D eigenvalue weighted by molar-refractivity contribution is 5.24. The molecule has 3 heteroatoms. The lowest BCUT2D eigenvalue weighted by molar-refractivity contribution is -0.112. The Balaban J connectivity index is 1.70. The van der Waals surface area contributed by atoms with Gasteiger partial charge in [0.1, 0.15) is 6.17 Å². The van der Waals surface area contributed by atoms with Gasteiger partial charge in [0.15, 0.2) is 0 Å². The van der Waals surface area contributed by atoms with Crippen molar-refractivity contribution in [1.82, 2.24) is 0 Å². The van der Waals surface area contributed by atoms with E-state index in [1.54, 1.807) is 5.57 Å². The van der Waals surface area contributed by atoms with Gasteiger partial charge in [-0.1, -0.05) is 18.6 Å². The summed E-state index contributed by atoms with van der Waals surface area (Å²) in [6.07, 6.45) is 8.67. The fourth-order valence-electron chi connectivity index (χ4n) is 6.79. The topological polar surface area (TPSA) is 40.5 Å². The molecule has 7 atom stereocenters. The highest BCUT2D eigenvalue weighted by atomic mass is 19.1. The summed E-state index contributed by atoms with van der Waals surface area (Å²) in [5.41, 5.74) is 1.38. The molecule has 0 aliphatic heterocycles. The van der Waals surface area contributed by atoms with Crippen LogP contribution < -0.4 is 0 Å².